The van der Waals surface area contributed by atoms with Gasteiger partial charge in [0, 0.05) is 17.9 Å². The molecule has 0 saturated carbocycles. The van der Waals surface area contributed by atoms with Gasteiger partial charge >= 0.3 is 0 Å². The van der Waals surface area contributed by atoms with Crippen molar-refractivity contribution in [2.24, 2.45) is 0 Å². The zero-order valence-electron chi connectivity index (χ0n) is 8.70. The number of halogens is 2. The second-order valence-corrected chi connectivity index (χ2v) is 5.86. The monoisotopic (exact) mass is 248 g/mol. The van der Waals surface area contributed by atoms with E-state index in [9.17, 15) is 22.0 Å². The number of carbonyl (C=O) groups is 1. The summed E-state index contributed by atoms with van der Waals surface area (Å²) in [5, 5.41) is -1.31. The molecular formula is C10H10F2O3S. The fourth-order valence-electron chi connectivity index (χ4n) is 1.13. The molecule has 0 radical (unpaired) electrons. The van der Waals surface area contributed by atoms with Crippen LogP contribution in [0.1, 0.15) is 17.3 Å². The van der Waals surface area contributed by atoms with Gasteiger partial charge < -0.3 is 0 Å². The smallest absolute Gasteiger partial charge is 0.180 e. The molecule has 0 heterocycles. The SMILES string of the molecule is CC(C(=O)c1cc(F)cc(F)c1)S(C)(=O)=O. The van der Waals surface area contributed by atoms with E-state index in [4.69, 9.17) is 0 Å². The Morgan fingerprint density at radius 1 is 1.19 bits per heavy atom. The molecule has 0 aliphatic carbocycles. The van der Waals surface area contributed by atoms with E-state index in [0.717, 1.165) is 18.4 Å². The highest BCUT2D eigenvalue weighted by molar-refractivity contribution is 7.92. The zero-order chi connectivity index (χ0) is 12.5. The van der Waals surface area contributed by atoms with Gasteiger partial charge in [0.15, 0.2) is 15.6 Å². The van der Waals surface area contributed by atoms with Crippen molar-refractivity contribution in [3.8, 4) is 0 Å². The van der Waals surface area contributed by atoms with E-state index >= 15 is 0 Å². The van der Waals surface area contributed by atoms with Gasteiger partial charge in [-0.1, -0.05) is 0 Å². The van der Waals surface area contributed by atoms with Crippen LogP contribution in [0.15, 0.2) is 18.2 Å². The van der Waals surface area contributed by atoms with Crippen LogP contribution in [0.3, 0.4) is 0 Å². The molecule has 0 saturated heterocycles. The van der Waals surface area contributed by atoms with Crippen LogP contribution in [0.2, 0.25) is 0 Å². The predicted molar refractivity (Wildman–Crippen MR) is 55.0 cm³/mol. The normalized spacial score (nSPS) is 13.5. The first kappa shape index (κ1) is 12.8. The molecule has 0 aromatic heterocycles. The maximum atomic E-state index is 12.8. The number of rotatable bonds is 3. The molecular weight excluding hydrogens is 238 g/mol. The van der Waals surface area contributed by atoms with Crippen molar-refractivity contribution in [3.63, 3.8) is 0 Å². The summed E-state index contributed by atoms with van der Waals surface area (Å²) in [5.74, 6) is -2.64. The minimum atomic E-state index is -3.57. The van der Waals surface area contributed by atoms with Gasteiger partial charge in [-0.15, -0.1) is 0 Å². The van der Waals surface area contributed by atoms with Gasteiger partial charge in [0.05, 0.1) is 0 Å². The lowest BCUT2D eigenvalue weighted by Gasteiger charge is -2.08. The Kier molecular flexibility index (Phi) is 3.42. The third-order valence-corrected chi connectivity index (χ3v) is 3.66. The van der Waals surface area contributed by atoms with Crippen LogP contribution in [-0.2, 0) is 9.84 Å². The second-order valence-electron chi connectivity index (χ2n) is 3.49. The fraction of sp³-hybridized carbons (Fsp3) is 0.300. The van der Waals surface area contributed by atoms with Gasteiger partial charge in [0.1, 0.15) is 16.9 Å². The molecule has 1 aromatic rings. The maximum absolute atomic E-state index is 12.8. The number of hydrogen-bond donors (Lipinski definition) is 0. The summed E-state index contributed by atoms with van der Waals surface area (Å²) in [6.07, 6.45) is 0.894. The van der Waals surface area contributed by atoms with Gasteiger partial charge in [0.2, 0.25) is 0 Å². The summed E-state index contributed by atoms with van der Waals surface area (Å²) in [7, 11) is -3.57. The van der Waals surface area contributed by atoms with Crippen LogP contribution in [0, 0.1) is 11.6 Å². The van der Waals surface area contributed by atoms with Crippen molar-refractivity contribution in [1.29, 1.82) is 0 Å². The van der Waals surface area contributed by atoms with E-state index < -0.39 is 32.5 Å². The fourth-order valence-corrected chi connectivity index (χ4v) is 1.65. The molecule has 1 rings (SSSR count). The maximum Gasteiger partial charge on any atom is 0.180 e. The number of Topliss-reactive ketones (excluding diaryl/α,β-unsaturated/α-hetero) is 1. The van der Waals surface area contributed by atoms with Crippen molar-refractivity contribution >= 4 is 15.6 Å². The standard InChI is InChI=1S/C10H10F2O3S/c1-6(16(2,14)15)10(13)7-3-8(11)5-9(12)4-7/h3-6H,1-2H3. The van der Waals surface area contributed by atoms with Crippen LogP contribution < -0.4 is 0 Å². The van der Waals surface area contributed by atoms with E-state index in [0.29, 0.717) is 6.07 Å². The average Bonchev–Trinajstić information content (AvgIpc) is 2.12. The van der Waals surface area contributed by atoms with Crippen LogP contribution in [0.5, 0.6) is 0 Å². The molecule has 16 heavy (non-hydrogen) atoms. The van der Waals surface area contributed by atoms with Crippen LogP contribution in [0.25, 0.3) is 0 Å². The number of carbonyl (C=O) groups excluding carboxylic acids is 1. The molecule has 0 fully saturated rings. The van der Waals surface area contributed by atoms with Crippen LogP contribution in [-0.4, -0.2) is 25.7 Å². The van der Waals surface area contributed by atoms with Crippen LogP contribution in [0.4, 0.5) is 8.78 Å². The van der Waals surface area contributed by atoms with Gasteiger partial charge in [-0.2, -0.15) is 0 Å². The molecule has 0 amide bonds. The number of ketones is 1. The minimum Gasteiger partial charge on any atom is -0.293 e. The van der Waals surface area contributed by atoms with Gasteiger partial charge in [-0.05, 0) is 19.1 Å². The number of benzene rings is 1. The first-order valence-corrected chi connectivity index (χ1v) is 6.36. The molecule has 1 atom stereocenters. The van der Waals surface area contributed by atoms with E-state index in [1.165, 1.54) is 6.92 Å². The predicted octanol–water partition coefficient (Wildman–Crippen LogP) is 1.58. The third-order valence-electron chi connectivity index (χ3n) is 2.16. The molecule has 0 aliphatic heterocycles. The first-order valence-electron chi connectivity index (χ1n) is 4.41. The third kappa shape index (κ3) is 2.85. The van der Waals surface area contributed by atoms with Crippen LogP contribution >= 0.6 is 0 Å². The summed E-state index contributed by atoms with van der Waals surface area (Å²) in [4.78, 5) is 11.6. The molecule has 0 N–H and O–H groups in total. The second kappa shape index (κ2) is 4.29. The molecule has 6 heteroatoms. The Bertz CT molecular complexity index is 503. The largest absolute Gasteiger partial charge is 0.293 e. The molecule has 1 aromatic carbocycles. The summed E-state index contributed by atoms with van der Waals surface area (Å²) < 4.78 is 47.8. The molecule has 1 unspecified atom stereocenters. The lowest BCUT2D eigenvalue weighted by atomic mass is 10.1. The van der Waals surface area contributed by atoms with Crippen molar-refractivity contribution in [1.82, 2.24) is 0 Å². The highest BCUT2D eigenvalue weighted by Crippen LogP contribution is 2.13. The highest BCUT2D eigenvalue weighted by atomic mass is 32.2. The first-order chi connectivity index (χ1) is 7.21. The number of sulfone groups is 1. The average molecular weight is 248 g/mol. The lowest BCUT2D eigenvalue weighted by Crippen LogP contribution is -2.26. The van der Waals surface area contributed by atoms with E-state index in [1.807, 2.05) is 0 Å². The molecule has 0 bridgehead atoms. The Hall–Kier alpha value is -1.30. The van der Waals surface area contributed by atoms with E-state index in [-0.39, 0.29) is 5.56 Å². The van der Waals surface area contributed by atoms with Crippen molar-refractivity contribution < 1.29 is 22.0 Å². The molecule has 0 aliphatic rings. The number of hydrogen-bond acceptors (Lipinski definition) is 3. The minimum absolute atomic E-state index is 0.282. The Labute approximate surface area is 92.0 Å². The summed E-state index contributed by atoms with van der Waals surface area (Å²) in [5.41, 5.74) is -0.282. The van der Waals surface area contributed by atoms with Crippen molar-refractivity contribution in [3.05, 3.63) is 35.4 Å². The lowest BCUT2D eigenvalue weighted by molar-refractivity contribution is 0.0990. The van der Waals surface area contributed by atoms with Crippen molar-refractivity contribution in [2.75, 3.05) is 6.26 Å². The molecule has 88 valence electrons. The zero-order valence-corrected chi connectivity index (χ0v) is 9.51. The van der Waals surface area contributed by atoms with Crippen molar-refractivity contribution in [2.45, 2.75) is 12.2 Å². The topological polar surface area (TPSA) is 51.2 Å². The molecule has 3 nitrogen and oxygen atoms in total. The molecule has 0 spiro atoms. The van der Waals surface area contributed by atoms with E-state index in [2.05, 4.69) is 0 Å². The Morgan fingerprint density at radius 3 is 2.00 bits per heavy atom. The quantitative estimate of drug-likeness (QED) is 0.763. The van der Waals surface area contributed by atoms with Gasteiger partial charge in [-0.3, -0.25) is 4.79 Å². The summed E-state index contributed by atoms with van der Waals surface area (Å²) in [6, 6.07) is 2.24. The highest BCUT2D eigenvalue weighted by Gasteiger charge is 2.25. The van der Waals surface area contributed by atoms with E-state index in [1.54, 1.807) is 0 Å². The Morgan fingerprint density at radius 2 is 1.62 bits per heavy atom. The summed E-state index contributed by atoms with van der Waals surface area (Å²) >= 11 is 0. The Balaban J connectivity index is 3.15. The van der Waals surface area contributed by atoms with Gasteiger partial charge in [-0.25, -0.2) is 17.2 Å². The van der Waals surface area contributed by atoms with Gasteiger partial charge in [0.25, 0.3) is 0 Å². The summed E-state index contributed by atoms with van der Waals surface area (Å²) in [6.45, 7) is 1.18.